The number of aryl methyl sites for hydroxylation is 1. The van der Waals surface area contributed by atoms with Crippen molar-refractivity contribution >= 4 is 28.3 Å². The first-order chi connectivity index (χ1) is 15.5. The van der Waals surface area contributed by atoms with Crippen LogP contribution >= 0.6 is 0 Å². The summed E-state index contributed by atoms with van der Waals surface area (Å²) in [5.74, 6) is 2.47. The predicted octanol–water partition coefficient (Wildman–Crippen LogP) is 3.39. The quantitative estimate of drug-likeness (QED) is 0.616. The number of hydrogen-bond donors (Lipinski definition) is 2. The zero-order chi connectivity index (χ0) is 22.7. The molecule has 1 heterocycles. The van der Waals surface area contributed by atoms with Gasteiger partial charge in [0.05, 0.1) is 12.6 Å². The number of para-hydroxylation sites is 1. The van der Waals surface area contributed by atoms with Gasteiger partial charge in [-0.2, -0.15) is 0 Å². The molecule has 0 saturated heterocycles. The highest BCUT2D eigenvalue weighted by atomic mass is 16.2. The average molecular weight is 426 g/mol. The maximum absolute atomic E-state index is 13.7. The molecule has 2 N–H and O–H groups in total. The molecule has 1 aliphatic rings. The van der Waals surface area contributed by atoms with E-state index in [0.717, 1.165) is 33.2 Å². The summed E-state index contributed by atoms with van der Waals surface area (Å²) in [5, 5.41) is 7.98. The Balaban J connectivity index is 1.77. The van der Waals surface area contributed by atoms with E-state index in [9.17, 15) is 9.59 Å². The van der Waals surface area contributed by atoms with Crippen LogP contribution in [0, 0.1) is 12.3 Å². The van der Waals surface area contributed by atoms with Gasteiger partial charge in [-0.3, -0.25) is 9.59 Å². The number of fused-ring (bicyclic) bond motifs is 2. The number of amides is 2. The molecule has 3 aromatic rings. The minimum Gasteiger partial charge on any atom is -0.343 e. The van der Waals surface area contributed by atoms with Gasteiger partial charge in [0.1, 0.15) is 6.04 Å². The fraction of sp³-hybridized carbons (Fsp3) is 0.259. The van der Waals surface area contributed by atoms with Crippen molar-refractivity contribution in [2.75, 3.05) is 11.9 Å². The second-order valence-corrected chi connectivity index (χ2v) is 8.12. The van der Waals surface area contributed by atoms with Gasteiger partial charge in [0.25, 0.3) is 0 Å². The van der Waals surface area contributed by atoms with Gasteiger partial charge in [-0.25, -0.2) is 0 Å². The summed E-state index contributed by atoms with van der Waals surface area (Å²) in [7, 11) is 1.73. The summed E-state index contributed by atoms with van der Waals surface area (Å²) >= 11 is 0. The molecular formula is C27H27N3O2. The number of benzene rings is 3. The predicted molar refractivity (Wildman–Crippen MR) is 128 cm³/mol. The summed E-state index contributed by atoms with van der Waals surface area (Å²) in [6.45, 7) is 2.11. The Kier molecular flexibility index (Phi) is 6.25. The first-order valence-corrected chi connectivity index (χ1v) is 10.9. The number of carbonyl (C=O) groups excluding carboxylic acids is 2. The number of nitrogens with one attached hydrogen (secondary N) is 2. The molecule has 1 aliphatic heterocycles. The Morgan fingerprint density at radius 3 is 2.69 bits per heavy atom. The number of hydrogen-bond acceptors (Lipinski definition) is 3. The van der Waals surface area contributed by atoms with E-state index < -0.39 is 6.04 Å². The Morgan fingerprint density at radius 2 is 1.91 bits per heavy atom. The van der Waals surface area contributed by atoms with Gasteiger partial charge in [-0.15, -0.1) is 6.42 Å². The summed E-state index contributed by atoms with van der Waals surface area (Å²) in [6, 6.07) is 18.9. The van der Waals surface area contributed by atoms with E-state index in [4.69, 9.17) is 6.42 Å². The number of anilines is 1. The van der Waals surface area contributed by atoms with Gasteiger partial charge in [0.2, 0.25) is 11.8 Å². The van der Waals surface area contributed by atoms with Crippen LogP contribution < -0.4 is 15.5 Å². The number of rotatable bonds is 5. The van der Waals surface area contributed by atoms with Gasteiger partial charge in [0.15, 0.2) is 0 Å². The molecule has 0 aromatic heterocycles. The maximum Gasteiger partial charge on any atom is 0.249 e. The van der Waals surface area contributed by atoms with Crippen LogP contribution in [0.5, 0.6) is 0 Å². The van der Waals surface area contributed by atoms with Crippen LogP contribution in [0.2, 0.25) is 0 Å². The molecule has 0 saturated carbocycles. The smallest absolute Gasteiger partial charge is 0.249 e. The zero-order valence-electron chi connectivity index (χ0n) is 18.4. The van der Waals surface area contributed by atoms with E-state index in [1.54, 1.807) is 18.9 Å². The maximum atomic E-state index is 13.7. The van der Waals surface area contributed by atoms with Gasteiger partial charge < -0.3 is 15.5 Å². The van der Waals surface area contributed by atoms with Crippen LogP contribution in [0.1, 0.15) is 30.0 Å². The number of terminal acetylenes is 1. The van der Waals surface area contributed by atoms with Gasteiger partial charge in [-0.1, -0.05) is 54.5 Å². The fourth-order valence-electron chi connectivity index (χ4n) is 4.24. The van der Waals surface area contributed by atoms with Crippen LogP contribution in [-0.4, -0.2) is 30.9 Å². The van der Waals surface area contributed by atoms with Crippen LogP contribution in [0.3, 0.4) is 0 Å². The lowest BCUT2D eigenvalue weighted by molar-refractivity contribution is -0.128. The van der Waals surface area contributed by atoms with Crippen molar-refractivity contribution < 1.29 is 9.59 Å². The Morgan fingerprint density at radius 1 is 1.16 bits per heavy atom. The molecule has 0 aliphatic carbocycles. The Hall–Kier alpha value is -3.62. The molecule has 0 spiro atoms. The third-order valence-electron chi connectivity index (χ3n) is 6.20. The molecule has 5 heteroatoms. The topological polar surface area (TPSA) is 61.4 Å². The molecule has 0 fully saturated rings. The number of nitrogens with zero attached hydrogens (tertiary/aromatic N) is 1. The first kappa shape index (κ1) is 21.6. The van der Waals surface area contributed by atoms with Crippen molar-refractivity contribution in [3.63, 3.8) is 0 Å². The van der Waals surface area contributed by atoms with E-state index in [1.807, 2.05) is 60.7 Å². The molecule has 0 radical (unpaired) electrons. The molecular weight excluding hydrogens is 398 g/mol. The standard InChI is InChI=1S/C27H27N3O2/c1-4-19-13-14-20-9-5-7-11-22(20)23(19)17-30-25-12-8-6-10-21(25)15-16-24(27(30)32)29-26(31)18(2)28-3/h1,5-14,18,24,28H,15-17H2,2-3H3,(H,29,31)/t18-,24-/m0/s1. The third-order valence-corrected chi connectivity index (χ3v) is 6.20. The van der Waals surface area contributed by atoms with Crippen molar-refractivity contribution in [2.45, 2.75) is 38.4 Å². The lowest BCUT2D eigenvalue weighted by Gasteiger charge is -2.28. The molecule has 2 amide bonds. The lowest BCUT2D eigenvalue weighted by Crippen LogP contribution is -2.52. The van der Waals surface area contributed by atoms with Crippen LogP contribution in [0.4, 0.5) is 5.69 Å². The minimum absolute atomic E-state index is 0.123. The molecule has 0 unspecified atom stereocenters. The van der Waals surface area contributed by atoms with Crippen LogP contribution in [0.15, 0.2) is 60.7 Å². The second kappa shape index (κ2) is 9.25. The van der Waals surface area contributed by atoms with Crippen molar-refractivity contribution in [1.82, 2.24) is 10.6 Å². The highest BCUT2D eigenvalue weighted by Gasteiger charge is 2.32. The van der Waals surface area contributed by atoms with Gasteiger partial charge in [0, 0.05) is 11.3 Å². The lowest BCUT2D eigenvalue weighted by atomic mass is 9.98. The third kappa shape index (κ3) is 4.10. The zero-order valence-corrected chi connectivity index (χ0v) is 18.4. The molecule has 2 atom stereocenters. The molecule has 5 nitrogen and oxygen atoms in total. The molecule has 32 heavy (non-hydrogen) atoms. The molecule has 162 valence electrons. The van der Waals surface area contributed by atoms with Gasteiger partial charge in [-0.05, 0) is 60.8 Å². The average Bonchev–Trinajstić information content (AvgIpc) is 2.95. The van der Waals surface area contributed by atoms with E-state index in [0.29, 0.717) is 19.4 Å². The largest absolute Gasteiger partial charge is 0.343 e. The molecule has 3 aromatic carbocycles. The van der Waals surface area contributed by atoms with Gasteiger partial charge >= 0.3 is 0 Å². The summed E-state index contributed by atoms with van der Waals surface area (Å²) in [6.07, 6.45) is 7.08. The molecule has 4 rings (SSSR count). The van der Waals surface area contributed by atoms with Crippen molar-refractivity contribution in [2.24, 2.45) is 0 Å². The SMILES string of the molecule is C#Cc1ccc2ccccc2c1CN1C(=O)[C@@H](NC(=O)[C@H](C)NC)CCc2ccccc21. The summed E-state index contributed by atoms with van der Waals surface area (Å²) in [4.78, 5) is 28.1. The summed E-state index contributed by atoms with van der Waals surface area (Å²) < 4.78 is 0. The summed E-state index contributed by atoms with van der Waals surface area (Å²) in [5.41, 5.74) is 3.65. The first-order valence-electron chi connectivity index (χ1n) is 10.9. The number of carbonyl (C=O) groups is 2. The number of likely N-dealkylation sites (N-methyl/N-ethyl adjacent to an activating group) is 1. The van der Waals surface area contributed by atoms with Crippen molar-refractivity contribution in [3.8, 4) is 12.3 Å². The van der Waals surface area contributed by atoms with Crippen molar-refractivity contribution in [3.05, 3.63) is 77.4 Å². The highest BCUT2D eigenvalue weighted by molar-refractivity contribution is 6.01. The normalized spacial score (nSPS) is 16.7. The van der Waals surface area contributed by atoms with Crippen LogP contribution in [-0.2, 0) is 22.6 Å². The van der Waals surface area contributed by atoms with E-state index in [-0.39, 0.29) is 17.9 Å². The monoisotopic (exact) mass is 425 g/mol. The fourth-order valence-corrected chi connectivity index (χ4v) is 4.24. The molecule has 0 bridgehead atoms. The minimum atomic E-state index is -0.602. The van der Waals surface area contributed by atoms with Crippen molar-refractivity contribution in [1.29, 1.82) is 0 Å². The Labute approximate surface area is 188 Å². The van der Waals surface area contributed by atoms with E-state index >= 15 is 0 Å². The van der Waals surface area contributed by atoms with E-state index in [1.165, 1.54) is 0 Å². The second-order valence-electron chi connectivity index (χ2n) is 8.12. The van der Waals surface area contributed by atoms with Crippen LogP contribution in [0.25, 0.3) is 10.8 Å². The van der Waals surface area contributed by atoms with E-state index in [2.05, 4.69) is 16.6 Å². The highest BCUT2D eigenvalue weighted by Crippen LogP contribution is 2.31. The Bertz CT molecular complexity index is 1210.